The molecule has 1 aromatic rings. The third-order valence-corrected chi connectivity index (χ3v) is 3.59. The van der Waals surface area contributed by atoms with Crippen molar-refractivity contribution in [1.29, 1.82) is 0 Å². The lowest BCUT2D eigenvalue weighted by molar-refractivity contribution is 0.302. The average Bonchev–Trinajstić information content (AvgIpc) is 2.34. The van der Waals surface area contributed by atoms with Crippen molar-refractivity contribution in [2.24, 2.45) is 0 Å². The van der Waals surface area contributed by atoms with E-state index < -0.39 is 0 Å². The largest absolute Gasteiger partial charge is 0.492 e. The molecule has 1 rings (SSSR count). The third-order valence-electron chi connectivity index (χ3n) is 2.97. The van der Waals surface area contributed by atoms with Gasteiger partial charge >= 0.3 is 0 Å². The van der Waals surface area contributed by atoms with E-state index in [1.165, 1.54) is 24.8 Å². The standard InChI is InChI=1S/C16H26BrNO/c1-13(2)18-10-6-4-5-7-11-19-16-9-8-14(3)12-15(16)17/h8-9,12-13,18H,4-7,10-11H2,1-3H3. The van der Waals surface area contributed by atoms with Crippen molar-refractivity contribution in [1.82, 2.24) is 5.32 Å². The molecule has 0 spiro atoms. The molecule has 1 N–H and O–H groups in total. The molecule has 0 radical (unpaired) electrons. The monoisotopic (exact) mass is 327 g/mol. The van der Waals surface area contributed by atoms with E-state index in [0.29, 0.717) is 6.04 Å². The zero-order valence-electron chi connectivity index (χ0n) is 12.3. The van der Waals surface area contributed by atoms with E-state index in [-0.39, 0.29) is 0 Å². The van der Waals surface area contributed by atoms with Crippen LogP contribution >= 0.6 is 15.9 Å². The maximum atomic E-state index is 5.77. The molecule has 0 aliphatic heterocycles. The number of aryl methyl sites for hydroxylation is 1. The quantitative estimate of drug-likeness (QED) is 0.664. The van der Waals surface area contributed by atoms with Crippen molar-refractivity contribution in [3.05, 3.63) is 28.2 Å². The van der Waals surface area contributed by atoms with Gasteiger partial charge in [-0.1, -0.05) is 32.8 Å². The van der Waals surface area contributed by atoms with E-state index in [0.717, 1.165) is 29.8 Å². The first-order valence-electron chi connectivity index (χ1n) is 7.22. The summed E-state index contributed by atoms with van der Waals surface area (Å²) in [7, 11) is 0. The second-order valence-corrected chi connectivity index (χ2v) is 6.16. The number of unbranched alkanes of at least 4 members (excludes halogenated alkanes) is 3. The average molecular weight is 328 g/mol. The van der Waals surface area contributed by atoms with Crippen molar-refractivity contribution in [2.45, 2.75) is 52.5 Å². The van der Waals surface area contributed by atoms with Crippen LogP contribution in [-0.4, -0.2) is 19.2 Å². The summed E-state index contributed by atoms with van der Waals surface area (Å²) in [6.07, 6.45) is 4.90. The summed E-state index contributed by atoms with van der Waals surface area (Å²) in [4.78, 5) is 0. The lowest BCUT2D eigenvalue weighted by Gasteiger charge is -2.09. The molecule has 0 heterocycles. The van der Waals surface area contributed by atoms with Crippen LogP contribution in [0.1, 0.15) is 45.1 Å². The van der Waals surface area contributed by atoms with E-state index in [1.807, 2.05) is 6.07 Å². The van der Waals surface area contributed by atoms with E-state index in [1.54, 1.807) is 0 Å². The lowest BCUT2D eigenvalue weighted by atomic mass is 10.2. The molecular formula is C16H26BrNO. The van der Waals surface area contributed by atoms with Gasteiger partial charge in [-0.25, -0.2) is 0 Å². The van der Waals surface area contributed by atoms with Crippen LogP contribution in [0.4, 0.5) is 0 Å². The highest BCUT2D eigenvalue weighted by molar-refractivity contribution is 9.10. The van der Waals surface area contributed by atoms with Crippen molar-refractivity contribution in [3.8, 4) is 5.75 Å². The first kappa shape index (κ1) is 16.5. The summed E-state index contributed by atoms with van der Waals surface area (Å²) in [5.41, 5.74) is 1.25. The minimum atomic E-state index is 0.599. The molecule has 1 aromatic carbocycles. The smallest absolute Gasteiger partial charge is 0.133 e. The Kier molecular flexibility index (Phi) is 8.15. The molecule has 0 bridgehead atoms. The Bertz CT molecular complexity index is 366. The van der Waals surface area contributed by atoms with Crippen LogP contribution in [0.25, 0.3) is 0 Å². The molecule has 0 aliphatic carbocycles. The van der Waals surface area contributed by atoms with Crippen LogP contribution in [-0.2, 0) is 0 Å². The second kappa shape index (κ2) is 9.38. The van der Waals surface area contributed by atoms with Crippen LogP contribution in [0.5, 0.6) is 5.75 Å². The van der Waals surface area contributed by atoms with Crippen molar-refractivity contribution in [3.63, 3.8) is 0 Å². The molecule has 0 saturated heterocycles. The van der Waals surface area contributed by atoms with Gasteiger partial charge in [0.15, 0.2) is 0 Å². The Morgan fingerprint density at radius 3 is 2.58 bits per heavy atom. The highest BCUT2D eigenvalue weighted by atomic mass is 79.9. The van der Waals surface area contributed by atoms with Gasteiger partial charge in [0.1, 0.15) is 5.75 Å². The van der Waals surface area contributed by atoms with Gasteiger partial charge in [0.25, 0.3) is 0 Å². The first-order valence-corrected chi connectivity index (χ1v) is 8.01. The number of hydrogen-bond acceptors (Lipinski definition) is 2. The fourth-order valence-corrected chi connectivity index (χ4v) is 2.48. The van der Waals surface area contributed by atoms with Crippen LogP contribution < -0.4 is 10.1 Å². The van der Waals surface area contributed by atoms with Crippen LogP contribution in [0.15, 0.2) is 22.7 Å². The molecule has 2 nitrogen and oxygen atoms in total. The zero-order valence-corrected chi connectivity index (χ0v) is 13.9. The Morgan fingerprint density at radius 1 is 1.16 bits per heavy atom. The normalized spacial score (nSPS) is 11.0. The van der Waals surface area contributed by atoms with Crippen molar-refractivity contribution >= 4 is 15.9 Å². The Hall–Kier alpha value is -0.540. The number of hydrogen-bond donors (Lipinski definition) is 1. The maximum absolute atomic E-state index is 5.77. The van der Waals surface area contributed by atoms with Crippen molar-refractivity contribution < 1.29 is 4.74 Å². The van der Waals surface area contributed by atoms with Gasteiger partial charge in [-0.2, -0.15) is 0 Å². The van der Waals surface area contributed by atoms with E-state index >= 15 is 0 Å². The number of ether oxygens (including phenoxy) is 1. The van der Waals surface area contributed by atoms with Crippen LogP contribution in [0.2, 0.25) is 0 Å². The Balaban J connectivity index is 2.04. The second-order valence-electron chi connectivity index (χ2n) is 5.31. The lowest BCUT2D eigenvalue weighted by Crippen LogP contribution is -2.23. The summed E-state index contributed by atoms with van der Waals surface area (Å²) < 4.78 is 6.82. The Labute approximate surface area is 126 Å². The van der Waals surface area contributed by atoms with Crippen LogP contribution in [0.3, 0.4) is 0 Å². The fraction of sp³-hybridized carbons (Fsp3) is 0.625. The first-order chi connectivity index (χ1) is 9.09. The third kappa shape index (κ3) is 7.58. The minimum absolute atomic E-state index is 0.599. The number of benzene rings is 1. The highest BCUT2D eigenvalue weighted by Gasteiger charge is 2.00. The van der Waals surface area contributed by atoms with E-state index in [2.05, 4.69) is 54.2 Å². The molecule has 108 valence electrons. The van der Waals surface area contributed by atoms with Crippen LogP contribution in [0, 0.1) is 6.92 Å². The molecule has 0 amide bonds. The molecule has 3 heteroatoms. The number of nitrogens with one attached hydrogen (secondary N) is 1. The molecular weight excluding hydrogens is 302 g/mol. The van der Waals surface area contributed by atoms with Gasteiger partial charge in [0, 0.05) is 6.04 Å². The molecule has 19 heavy (non-hydrogen) atoms. The number of rotatable bonds is 9. The summed E-state index contributed by atoms with van der Waals surface area (Å²) in [5.74, 6) is 0.951. The summed E-state index contributed by atoms with van der Waals surface area (Å²) in [6.45, 7) is 8.39. The van der Waals surface area contributed by atoms with Gasteiger partial charge in [0.2, 0.25) is 0 Å². The molecule has 0 saturated carbocycles. The molecule has 0 unspecified atom stereocenters. The summed E-state index contributed by atoms with van der Waals surface area (Å²) in [6, 6.07) is 6.80. The predicted molar refractivity (Wildman–Crippen MR) is 86.0 cm³/mol. The van der Waals surface area contributed by atoms with Gasteiger partial charge in [-0.05, 0) is 59.9 Å². The predicted octanol–water partition coefficient (Wildman–Crippen LogP) is 4.69. The van der Waals surface area contributed by atoms with Gasteiger partial charge < -0.3 is 10.1 Å². The van der Waals surface area contributed by atoms with Crippen molar-refractivity contribution in [2.75, 3.05) is 13.2 Å². The highest BCUT2D eigenvalue weighted by Crippen LogP contribution is 2.25. The Morgan fingerprint density at radius 2 is 1.89 bits per heavy atom. The molecule has 0 aromatic heterocycles. The zero-order chi connectivity index (χ0) is 14.1. The topological polar surface area (TPSA) is 21.3 Å². The number of halogens is 1. The van der Waals surface area contributed by atoms with Gasteiger partial charge in [0.05, 0.1) is 11.1 Å². The SMILES string of the molecule is Cc1ccc(OCCCCCCNC(C)C)c(Br)c1. The molecule has 0 aliphatic rings. The van der Waals surface area contributed by atoms with Gasteiger partial charge in [-0.3, -0.25) is 0 Å². The molecule has 0 fully saturated rings. The summed E-state index contributed by atoms with van der Waals surface area (Å²) >= 11 is 3.53. The van der Waals surface area contributed by atoms with E-state index in [4.69, 9.17) is 4.74 Å². The minimum Gasteiger partial charge on any atom is -0.492 e. The maximum Gasteiger partial charge on any atom is 0.133 e. The fourth-order valence-electron chi connectivity index (χ4n) is 1.88. The van der Waals surface area contributed by atoms with Gasteiger partial charge in [-0.15, -0.1) is 0 Å². The van der Waals surface area contributed by atoms with E-state index in [9.17, 15) is 0 Å². The molecule has 0 atom stereocenters. The summed E-state index contributed by atoms with van der Waals surface area (Å²) in [5, 5.41) is 3.44.